The van der Waals surface area contributed by atoms with Crippen LogP contribution in [0.25, 0.3) is 11.0 Å². The fraction of sp³-hybridized carbons (Fsp3) is 0.429. The molecule has 3 atom stereocenters. The number of rotatable bonds is 2. The van der Waals surface area contributed by atoms with Gasteiger partial charge in [0.25, 0.3) is 5.91 Å². The Hall–Kier alpha value is -1.88. The molecule has 5 nitrogen and oxygen atoms in total. The fourth-order valence-electron chi connectivity index (χ4n) is 3.28. The number of hydrogen-bond donors (Lipinski definition) is 2. The number of carbonyl (C=O) groups excluding carboxylic acids is 1. The SMILES string of the molecule is O=C(N[C@@H]1C[C@H]2CC[C@@H]1N2)c1nccc2ccoc12. The van der Waals surface area contributed by atoms with Gasteiger partial charge in [0.2, 0.25) is 0 Å². The van der Waals surface area contributed by atoms with Crippen LogP contribution in [0.5, 0.6) is 0 Å². The molecule has 0 saturated carbocycles. The zero-order valence-electron chi connectivity index (χ0n) is 10.4. The van der Waals surface area contributed by atoms with Gasteiger partial charge in [-0.05, 0) is 31.4 Å². The van der Waals surface area contributed by atoms with Crippen molar-refractivity contribution in [3.63, 3.8) is 0 Å². The molecule has 2 saturated heterocycles. The van der Waals surface area contributed by atoms with Gasteiger partial charge in [0, 0.05) is 29.7 Å². The molecule has 2 fully saturated rings. The van der Waals surface area contributed by atoms with Crippen LogP contribution in [0, 0.1) is 0 Å². The van der Waals surface area contributed by atoms with Gasteiger partial charge in [0.05, 0.1) is 6.26 Å². The summed E-state index contributed by atoms with van der Waals surface area (Å²) < 4.78 is 5.36. The second kappa shape index (κ2) is 4.06. The molecule has 2 N–H and O–H groups in total. The third-order valence-corrected chi connectivity index (χ3v) is 4.20. The number of furan rings is 1. The molecule has 5 heteroatoms. The summed E-state index contributed by atoms with van der Waals surface area (Å²) in [5, 5.41) is 7.50. The summed E-state index contributed by atoms with van der Waals surface area (Å²) in [5.41, 5.74) is 0.946. The lowest BCUT2D eigenvalue weighted by atomic mass is 9.95. The molecule has 2 bridgehead atoms. The van der Waals surface area contributed by atoms with E-state index >= 15 is 0 Å². The van der Waals surface area contributed by atoms with Crippen LogP contribution in [0.15, 0.2) is 29.0 Å². The number of amides is 1. The van der Waals surface area contributed by atoms with Gasteiger partial charge in [-0.1, -0.05) is 0 Å². The molecule has 98 valence electrons. The van der Waals surface area contributed by atoms with Crippen LogP contribution < -0.4 is 10.6 Å². The Bertz CT molecular complexity index is 636. The van der Waals surface area contributed by atoms with E-state index in [0.717, 1.165) is 18.2 Å². The normalized spacial score (nSPS) is 28.9. The maximum Gasteiger partial charge on any atom is 0.274 e. The minimum atomic E-state index is -0.139. The quantitative estimate of drug-likeness (QED) is 0.854. The Balaban J connectivity index is 1.59. The maximum atomic E-state index is 12.3. The molecule has 4 heterocycles. The van der Waals surface area contributed by atoms with E-state index in [-0.39, 0.29) is 11.9 Å². The largest absolute Gasteiger partial charge is 0.462 e. The number of hydrogen-bond acceptors (Lipinski definition) is 4. The van der Waals surface area contributed by atoms with Gasteiger partial charge in [-0.3, -0.25) is 4.79 Å². The molecule has 0 radical (unpaired) electrons. The lowest BCUT2D eigenvalue weighted by Gasteiger charge is -2.21. The maximum absolute atomic E-state index is 12.3. The molecule has 2 aliphatic heterocycles. The topological polar surface area (TPSA) is 67.2 Å². The van der Waals surface area contributed by atoms with Crippen LogP contribution in [0.3, 0.4) is 0 Å². The van der Waals surface area contributed by atoms with E-state index in [1.807, 2.05) is 12.1 Å². The van der Waals surface area contributed by atoms with Crippen LogP contribution in [0.2, 0.25) is 0 Å². The Labute approximate surface area is 110 Å². The first-order valence-corrected chi connectivity index (χ1v) is 6.70. The third-order valence-electron chi connectivity index (χ3n) is 4.20. The predicted molar refractivity (Wildman–Crippen MR) is 69.8 cm³/mol. The first kappa shape index (κ1) is 11.0. The summed E-state index contributed by atoms with van der Waals surface area (Å²) in [7, 11) is 0. The average molecular weight is 257 g/mol. The van der Waals surface area contributed by atoms with E-state index in [2.05, 4.69) is 15.6 Å². The van der Waals surface area contributed by atoms with Crippen LogP contribution in [-0.2, 0) is 0 Å². The predicted octanol–water partition coefficient (Wildman–Crippen LogP) is 1.45. The highest BCUT2D eigenvalue weighted by Gasteiger charge is 2.40. The van der Waals surface area contributed by atoms with Crippen molar-refractivity contribution in [2.24, 2.45) is 0 Å². The Morgan fingerprint density at radius 2 is 2.37 bits per heavy atom. The fourth-order valence-corrected chi connectivity index (χ4v) is 3.28. The minimum absolute atomic E-state index is 0.139. The highest BCUT2D eigenvalue weighted by molar-refractivity contribution is 6.03. The Morgan fingerprint density at radius 3 is 3.16 bits per heavy atom. The highest BCUT2D eigenvalue weighted by Crippen LogP contribution is 2.28. The van der Waals surface area contributed by atoms with Gasteiger partial charge < -0.3 is 15.1 Å². The zero-order chi connectivity index (χ0) is 12.8. The van der Waals surface area contributed by atoms with Gasteiger partial charge in [-0.2, -0.15) is 0 Å². The van der Waals surface area contributed by atoms with Gasteiger partial charge in [0.15, 0.2) is 11.3 Å². The molecule has 0 aromatic carbocycles. The summed E-state index contributed by atoms with van der Waals surface area (Å²) in [6.45, 7) is 0. The second-order valence-electron chi connectivity index (χ2n) is 5.36. The van der Waals surface area contributed by atoms with Crippen molar-refractivity contribution in [1.29, 1.82) is 0 Å². The molecule has 2 aliphatic rings. The van der Waals surface area contributed by atoms with Crippen LogP contribution in [-0.4, -0.2) is 29.0 Å². The van der Waals surface area contributed by atoms with Crippen molar-refractivity contribution in [2.45, 2.75) is 37.4 Å². The molecule has 19 heavy (non-hydrogen) atoms. The first-order chi connectivity index (χ1) is 9.31. The van der Waals surface area contributed by atoms with E-state index in [1.54, 1.807) is 12.5 Å². The monoisotopic (exact) mass is 257 g/mol. The zero-order valence-corrected chi connectivity index (χ0v) is 10.4. The van der Waals surface area contributed by atoms with Gasteiger partial charge in [-0.15, -0.1) is 0 Å². The molecular weight excluding hydrogens is 242 g/mol. The number of pyridine rings is 1. The van der Waals surface area contributed by atoms with Gasteiger partial charge in [0.1, 0.15) is 0 Å². The van der Waals surface area contributed by atoms with E-state index in [9.17, 15) is 4.79 Å². The van der Waals surface area contributed by atoms with Crippen molar-refractivity contribution in [3.8, 4) is 0 Å². The summed E-state index contributed by atoms with van der Waals surface area (Å²) in [6, 6.07) is 4.90. The third kappa shape index (κ3) is 1.73. The highest BCUT2D eigenvalue weighted by atomic mass is 16.3. The van der Waals surface area contributed by atoms with Crippen molar-refractivity contribution in [2.75, 3.05) is 0 Å². The van der Waals surface area contributed by atoms with Crippen LogP contribution >= 0.6 is 0 Å². The molecular formula is C14H15N3O2. The number of fused-ring (bicyclic) bond motifs is 3. The van der Waals surface area contributed by atoms with Crippen molar-refractivity contribution < 1.29 is 9.21 Å². The average Bonchev–Trinajstić information content (AvgIpc) is 3.13. The molecule has 4 rings (SSSR count). The molecule has 2 aromatic rings. The number of nitrogens with zero attached hydrogens (tertiary/aromatic N) is 1. The summed E-state index contributed by atoms with van der Waals surface area (Å²) in [6.07, 6.45) is 6.62. The summed E-state index contributed by atoms with van der Waals surface area (Å²) in [4.78, 5) is 16.5. The van der Waals surface area contributed by atoms with E-state index in [1.165, 1.54) is 6.42 Å². The molecule has 2 aromatic heterocycles. The first-order valence-electron chi connectivity index (χ1n) is 6.70. The summed E-state index contributed by atoms with van der Waals surface area (Å²) >= 11 is 0. The molecule has 0 aliphatic carbocycles. The van der Waals surface area contributed by atoms with Crippen molar-refractivity contribution in [3.05, 3.63) is 30.3 Å². The molecule has 1 amide bonds. The van der Waals surface area contributed by atoms with E-state index < -0.39 is 0 Å². The lowest BCUT2D eigenvalue weighted by molar-refractivity contribution is 0.0926. The smallest absolute Gasteiger partial charge is 0.274 e. The van der Waals surface area contributed by atoms with Gasteiger partial charge >= 0.3 is 0 Å². The standard InChI is InChI=1S/C14H15N3O2/c18-14(17-11-7-9-1-2-10(11)16-9)12-13-8(3-5-15-12)4-6-19-13/h3-6,9-11,16H,1-2,7H2,(H,17,18)/t9-,10+,11-/m1/s1. The van der Waals surface area contributed by atoms with E-state index in [4.69, 9.17) is 4.42 Å². The number of nitrogens with one attached hydrogen (secondary N) is 2. The van der Waals surface area contributed by atoms with Crippen LogP contribution in [0.4, 0.5) is 0 Å². The number of carbonyl (C=O) groups is 1. The van der Waals surface area contributed by atoms with Crippen molar-refractivity contribution in [1.82, 2.24) is 15.6 Å². The number of aromatic nitrogens is 1. The molecule has 0 unspecified atom stereocenters. The second-order valence-corrected chi connectivity index (χ2v) is 5.36. The minimum Gasteiger partial charge on any atom is -0.462 e. The Morgan fingerprint density at radius 1 is 1.42 bits per heavy atom. The lowest BCUT2D eigenvalue weighted by Crippen LogP contribution is -2.43. The Kier molecular flexibility index (Phi) is 2.35. The van der Waals surface area contributed by atoms with Gasteiger partial charge in [-0.25, -0.2) is 4.98 Å². The van der Waals surface area contributed by atoms with Crippen molar-refractivity contribution >= 4 is 16.9 Å². The molecule has 0 spiro atoms. The van der Waals surface area contributed by atoms with E-state index in [0.29, 0.717) is 23.4 Å². The summed E-state index contributed by atoms with van der Waals surface area (Å²) in [5.74, 6) is -0.139. The van der Waals surface area contributed by atoms with Crippen LogP contribution in [0.1, 0.15) is 29.8 Å².